The Labute approximate surface area is 121 Å². The summed E-state index contributed by atoms with van der Waals surface area (Å²) in [4.78, 5) is 8.41. The van der Waals surface area contributed by atoms with Gasteiger partial charge in [0.2, 0.25) is 0 Å². The average molecular weight is 285 g/mol. The summed E-state index contributed by atoms with van der Waals surface area (Å²) in [5.41, 5.74) is 1.96. The van der Waals surface area contributed by atoms with Crippen LogP contribution in [0.5, 0.6) is 0 Å². The fourth-order valence-corrected chi connectivity index (χ4v) is 2.31. The van der Waals surface area contributed by atoms with Gasteiger partial charge in [0.1, 0.15) is 18.0 Å². The van der Waals surface area contributed by atoms with Crippen molar-refractivity contribution >= 4 is 11.6 Å². The third kappa shape index (κ3) is 2.99. The zero-order valence-corrected chi connectivity index (χ0v) is 11.9. The molecule has 1 N–H and O–H groups in total. The van der Waals surface area contributed by atoms with Gasteiger partial charge in [-0.15, -0.1) is 0 Å². The number of nitrogens with one attached hydrogen (secondary N) is 1. The highest BCUT2D eigenvalue weighted by molar-refractivity contribution is 5.45. The largest absolute Gasteiger partial charge is 0.367 e. The number of aromatic nitrogens is 4. The fourth-order valence-electron chi connectivity index (χ4n) is 2.31. The third-order valence-corrected chi connectivity index (χ3v) is 3.23. The van der Waals surface area contributed by atoms with E-state index in [-0.39, 0.29) is 11.9 Å². The van der Waals surface area contributed by atoms with Crippen LogP contribution in [0.4, 0.5) is 10.2 Å². The van der Waals surface area contributed by atoms with Gasteiger partial charge < -0.3 is 5.32 Å². The molecule has 0 bridgehead atoms. The van der Waals surface area contributed by atoms with Crippen molar-refractivity contribution in [1.82, 2.24) is 19.6 Å². The molecule has 0 fully saturated rings. The van der Waals surface area contributed by atoms with Crippen molar-refractivity contribution in [2.24, 2.45) is 0 Å². The number of aryl methyl sites for hydroxylation is 1. The molecule has 2 aromatic heterocycles. The van der Waals surface area contributed by atoms with E-state index in [4.69, 9.17) is 0 Å². The molecule has 1 aromatic carbocycles. The van der Waals surface area contributed by atoms with E-state index in [0.717, 1.165) is 23.5 Å². The molecule has 3 aromatic rings. The van der Waals surface area contributed by atoms with Gasteiger partial charge in [0.05, 0.1) is 0 Å². The zero-order valence-electron chi connectivity index (χ0n) is 11.9. The summed E-state index contributed by atoms with van der Waals surface area (Å²) < 4.78 is 14.6. The predicted molar refractivity (Wildman–Crippen MR) is 78.7 cm³/mol. The zero-order chi connectivity index (χ0) is 14.8. The quantitative estimate of drug-likeness (QED) is 0.800. The first-order valence-electron chi connectivity index (χ1n) is 6.80. The molecule has 21 heavy (non-hydrogen) atoms. The number of nitrogens with zero attached hydrogens (tertiary/aromatic N) is 4. The van der Waals surface area contributed by atoms with E-state index in [1.807, 2.05) is 13.0 Å². The summed E-state index contributed by atoms with van der Waals surface area (Å²) in [5, 5.41) is 7.56. The number of fused-ring (bicyclic) bond motifs is 1. The molecule has 0 saturated heterocycles. The molecule has 0 aliphatic carbocycles. The lowest BCUT2D eigenvalue weighted by molar-refractivity contribution is 0.626. The molecule has 3 rings (SSSR count). The van der Waals surface area contributed by atoms with Gasteiger partial charge in [-0.2, -0.15) is 14.6 Å². The van der Waals surface area contributed by atoms with Gasteiger partial charge in [0.15, 0.2) is 0 Å². The van der Waals surface area contributed by atoms with Crippen molar-refractivity contribution in [3.05, 3.63) is 53.7 Å². The monoisotopic (exact) mass is 285 g/mol. The molecule has 108 valence electrons. The second kappa shape index (κ2) is 5.47. The van der Waals surface area contributed by atoms with E-state index in [2.05, 4.69) is 27.3 Å². The fraction of sp³-hybridized carbons (Fsp3) is 0.267. The van der Waals surface area contributed by atoms with Crippen LogP contribution in [-0.4, -0.2) is 25.6 Å². The highest BCUT2D eigenvalue weighted by Crippen LogP contribution is 2.13. The smallest absolute Gasteiger partial charge is 0.254 e. The third-order valence-electron chi connectivity index (χ3n) is 3.23. The normalized spacial score (nSPS) is 12.5. The SMILES string of the molecule is Cc1cc(N[C@H](C)Cc2ccc(F)cc2)n2ncnc2n1. The summed E-state index contributed by atoms with van der Waals surface area (Å²) in [6.45, 7) is 3.99. The topological polar surface area (TPSA) is 55.1 Å². The molecule has 0 radical (unpaired) electrons. The minimum Gasteiger partial charge on any atom is -0.367 e. The Morgan fingerprint density at radius 3 is 2.81 bits per heavy atom. The molecule has 6 heteroatoms. The summed E-state index contributed by atoms with van der Waals surface area (Å²) in [6, 6.07) is 8.67. The summed E-state index contributed by atoms with van der Waals surface area (Å²) >= 11 is 0. The van der Waals surface area contributed by atoms with Gasteiger partial charge in [-0.05, 0) is 38.0 Å². The van der Waals surface area contributed by atoms with E-state index in [9.17, 15) is 4.39 Å². The number of anilines is 1. The van der Waals surface area contributed by atoms with E-state index >= 15 is 0 Å². The molecule has 2 heterocycles. The van der Waals surface area contributed by atoms with E-state index in [1.165, 1.54) is 18.5 Å². The minimum atomic E-state index is -0.214. The highest BCUT2D eigenvalue weighted by atomic mass is 19.1. The van der Waals surface area contributed by atoms with Crippen LogP contribution in [-0.2, 0) is 6.42 Å². The Morgan fingerprint density at radius 1 is 1.29 bits per heavy atom. The average Bonchev–Trinajstić information content (AvgIpc) is 2.89. The molecule has 0 aliphatic rings. The summed E-state index contributed by atoms with van der Waals surface area (Å²) in [5.74, 6) is 1.21. The predicted octanol–water partition coefficient (Wildman–Crippen LogP) is 2.61. The Balaban J connectivity index is 1.78. The number of hydrogen-bond donors (Lipinski definition) is 1. The molecule has 0 unspecified atom stereocenters. The van der Waals surface area contributed by atoms with Crippen LogP contribution in [0, 0.1) is 12.7 Å². The highest BCUT2D eigenvalue weighted by Gasteiger charge is 2.09. The maximum absolute atomic E-state index is 12.9. The lowest BCUT2D eigenvalue weighted by atomic mass is 10.1. The molecule has 5 nitrogen and oxygen atoms in total. The maximum atomic E-state index is 12.9. The maximum Gasteiger partial charge on any atom is 0.254 e. The molecular formula is C15H16FN5. The van der Waals surface area contributed by atoms with Gasteiger partial charge >= 0.3 is 0 Å². The van der Waals surface area contributed by atoms with Crippen molar-refractivity contribution in [2.45, 2.75) is 26.3 Å². The number of halogens is 1. The van der Waals surface area contributed by atoms with Crippen molar-refractivity contribution in [3.63, 3.8) is 0 Å². The number of rotatable bonds is 4. The lowest BCUT2D eigenvalue weighted by Gasteiger charge is -2.16. The summed E-state index contributed by atoms with van der Waals surface area (Å²) in [7, 11) is 0. The molecule has 0 saturated carbocycles. The van der Waals surface area contributed by atoms with Crippen molar-refractivity contribution in [2.75, 3.05) is 5.32 Å². The minimum absolute atomic E-state index is 0.171. The van der Waals surface area contributed by atoms with Crippen molar-refractivity contribution in [3.8, 4) is 0 Å². The van der Waals surface area contributed by atoms with Crippen LogP contribution in [0.1, 0.15) is 18.2 Å². The van der Waals surface area contributed by atoms with E-state index in [0.29, 0.717) is 5.78 Å². The Hall–Kier alpha value is -2.50. The second-order valence-corrected chi connectivity index (χ2v) is 5.13. The Morgan fingerprint density at radius 2 is 2.05 bits per heavy atom. The van der Waals surface area contributed by atoms with E-state index < -0.39 is 0 Å². The molecular weight excluding hydrogens is 269 g/mol. The number of benzene rings is 1. The second-order valence-electron chi connectivity index (χ2n) is 5.13. The molecule has 0 aliphatic heterocycles. The van der Waals surface area contributed by atoms with Gasteiger partial charge in [-0.25, -0.2) is 9.37 Å². The molecule has 1 atom stereocenters. The van der Waals surface area contributed by atoms with Crippen LogP contribution < -0.4 is 5.32 Å². The van der Waals surface area contributed by atoms with Crippen molar-refractivity contribution < 1.29 is 4.39 Å². The van der Waals surface area contributed by atoms with Gasteiger partial charge in [-0.1, -0.05) is 12.1 Å². The Kier molecular flexibility index (Phi) is 3.51. The lowest BCUT2D eigenvalue weighted by Crippen LogP contribution is -2.20. The van der Waals surface area contributed by atoms with E-state index in [1.54, 1.807) is 16.6 Å². The first-order valence-corrected chi connectivity index (χ1v) is 6.80. The van der Waals surface area contributed by atoms with Crippen LogP contribution in [0.25, 0.3) is 5.78 Å². The molecule has 0 amide bonds. The first-order chi connectivity index (χ1) is 10.1. The van der Waals surface area contributed by atoms with Crippen LogP contribution in [0.3, 0.4) is 0 Å². The van der Waals surface area contributed by atoms with Crippen LogP contribution in [0.15, 0.2) is 36.7 Å². The van der Waals surface area contributed by atoms with Gasteiger partial charge in [0.25, 0.3) is 5.78 Å². The first kappa shape index (κ1) is 13.5. The Bertz CT molecular complexity index is 750. The standard InChI is InChI=1S/C15H16FN5/c1-10(7-12-3-5-13(16)6-4-12)19-14-8-11(2)20-15-17-9-18-21(14)15/h3-6,8-10,19H,7H2,1-2H3/t10-/m1/s1. The van der Waals surface area contributed by atoms with Gasteiger partial charge in [-0.3, -0.25) is 0 Å². The number of hydrogen-bond acceptors (Lipinski definition) is 4. The van der Waals surface area contributed by atoms with Crippen molar-refractivity contribution in [1.29, 1.82) is 0 Å². The summed E-state index contributed by atoms with van der Waals surface area (Å²) in [6.07, 6.45) is 2.27. The molecule has 0 spiro atoms. The van der Waals surface area contributed by atoms with Gasteiger partial charge in [0, 0.05) is 17.8 Å². The van der Waals surface area contributed by atoms with Crippen LogP contribution >= 0.6 is 0 Å². The van der Waals surface area contributed by atoms with Crippen LogP contribution in [0.2, 0.25) is 0 Å².